The molecule has 0 aromatic heterocycles. The van der Waals surface area contributed by atoms with Crippen LogP contribution in [0.2, 0.25) is 0 Å². The zero-order valence-electron chi connectivity index (χ0n) is 13.4. The first-order chi connectivity index (χ1) is 10.3. The smallest absolute Gasteiger partial charge is 0.303 e. The van der Waals surface area contributed by atoms with Gasteiger partial charge in [0, 0.05) is 24.9 Å². The summed E-state index contributed by atoms with van der Waals surface area (Å²) in [4.78, 5) is 24.9. The third-order valence-electron chi connectivity index (χ3n) is 3.76. The molecular formula is C17H23NO4. The number of fused-ring (bicyclic) bond motifs is 1. The second-order valence-corrected chi connectivity index (χ2v) is 6.23. The van der Waals surface area contributed by atoms with Gasteiger partial charge in [-0.05, 0) is 45.4 Å². The SMILES string of the molecule is CCN1CC(C)(C)Oc2ccc(C(=O)CCCC(=O)O)cc21. The van der Waals surface area contributed by atoms with Crippen molar-refractivity contribution in [2.75, 3.05) is 18.0 Å². The maximum atomic E-state index is 12.2. The van der Waals surface area contributed by atoms with Crippen LogP contribution in [0.1, 0.15) is 50.4 Å². The number of nitrogens with zero attached hydrogens (tertiary/aromatic N) is 1. The monoisotopic (exact) mass is 305 g/mol. The summed E-state index contributed by atoms with van der Waals surface area (Å²) in [5.74, 6) is -0.101. The van der Waals surface area contributed by atoms with E-state index in [1.807, 2.05) is 26.0 Å². The van der Waals surface area contributed by atoms with E-state index in [1.165, 1.54) is 0 Å². The molecule has 0 fully saturated rings. The fourth-order valence-electron chi connectivity index (χ4n) is 2.73. The second kappa shape index (κ2) is 6.38. The van der Waals surface area contributed by atoms with Crippen molar-refractivity contribution in [3.63, 3.8) is 0 Å². The summed E-state index contributed by atoms with van der Waals surface area (Å²) >= 11 is 0. The molecule has 0 saturated carbocycles. The number of benzene rings is 1. The molecule has 1 aromatic rings. The number of anilines is 1. The van der Waals surface area contributed by atoms with Gasteiger partial charge in [-0.25, -0.2) is 0 Å². The van der Waals surface area contributed by atoms with Crippen molar-refractivity contribution < 1.29 is 19.4 Å². The minimum absolute atomic E-state index is 0.0229. The maximum Gasteiger partial charge on any atom is 0.303 e. The number of carboxylic acids is 1. The molecule has 1 aliphatic rings. The fourth-order valence-corrected chi connectivity index (χ4v) is 2.73. The number of carboxylic acid groups (broad SMARTS) is 1. The molecule has 2 rings (SSSR count). The molecule has 0 amide bonds. The Kier molecular flexibility index (Phi) is 4.74. The molecule has 1 N–H and O–H groups in total. The number of Topliss-reactive ketones (excluding diaryl/α,β-unsaturated/α-hetero) is 1. The van der Waals surface area contributed by atoms with Crippen molar-refractivity contribution in [2.45, 2.75) is 45.6 Å². The molecular weight excluding hydrogens is 282 g/mol. The molecule has 1 heterocycles. The molecule has 5 heteroatoms. The van der Waals surface area contributed by atoms with Crippen molar-refractivity contribution in [1.82, 2.24) is 0 Å². The molecule has 1 aromatic carbocycles. The van der Waals surface area contributed by atoms with Crippen molar-refractivity contribution in [3.05, 3.63) is 23.8 Å². The van der Waals surface area contributed by atoms with Gasteiger partial charge in [0.2, 0.25) is 0 Å². The summed E-state index contributed by atoms with van der Waals surface area (Å²) < 4.78 is 5.97. The van der Waals surface area contributed by atoms with E-state index in [-0.39, 0.29) is 24.2 Å². The molecule has 0 spiro atoms. The Morgan fingerprint density at radius 3 is 2.68 bits per heavy atom. The zero-order valence-corrected chi connectivity index (χ0v) is 13.4. The minimum Gasteiger partial charge on any atom is -0.484 e. The van der Waals surface area contributed by atoms with Crippen LogP contribution in [-0.4, -0.2) is 35.5 Å². The highest BCUT2D eigenvalue weighted by molar-refractivity contribution is 5.97. The number of carbonyl (C=O) groups excluding carboxylic acids is 1. The summed E-state index contributed by atoms with van der Waals surface area (Å²) in [7, 11) is 0. The van der Waals surface area contributed by atoms with Gasteiger partial charge in [0.05, 0.1) is 12.2 Å². The van der Waals surface area contributed by atoms with Gasteiger partial charge in [0.15, 0.2) is 5.78 Å². The molecule has 22 heavy (non-hydrogen) atoms. The first-order valence-electron chi connectivity index (χ1n) is 7.65. The Labute approximate surface area is 130 Å². The van der Waals surface area contributed by atoms with Crippen LogP contribution in [0, 0.1) is 0 Å². The van der Waals surface area contributed by atoms with Gasteiger partial charge in [0.25, 0.3) is 0 Å². The van der Waals surface area contributed by atoms with Crippen LogP contribution in [0.3, 0.4) is 0 Å². The predicted octanol–water partition coefficient (Wildman–Crippen LogP) is 3.12. The minimum atomic E-state index is -0.869. The van der Waals surface area contributed by atoms with Gasteiger partial charge >= 0.3 is 5.97 Å². The van der Waals surface area contributed by atoms with Crippen LogP contribution >= 0.6 is 0 Å². The lowest BCUT2D eigenvalue weighted by Gasteiger charge is -2.40. The Hall–Kier alpha value is -2.04. The number of hydrogen-bond donors (Lipinski definition) is 1. The summed E-state index contributed by atoms with van der Waals surface area (Å²) in [6.45, 7) is 7.78. The largest absolute Gasteiger partial charge is 0.484 e. The third kappa shape index (κ3) is 3.78. The predicted molar refractivity (Wildman–Crippen MR) is 84.9 cm³/mol. The molecule has 120 valence electrons. The van der Waals surface area contributed by atoms with E-state index in [0.717, 1.165) is 24.5 Å². The molecule has 0 unspecified atom stereocenters. The Morgan fingerprint density at radius 2 is 2.05 bits per heavy atom. The van der Waals surface area contributed by atoms with Crippen LogP contribution in [0.25, 0.3) is 0 Å². The molecule has 0 saturated heterocycles. The number of ketones is 1. The average Bonchev–Trinajstić information content (AvgIpc) is 2.44. The normalized spacial score (nSPS) is 15.9. The zero-order chi connectivity index (χ0) is 16.3. The molecule has 0 aliphatic carbocycles. The maximum absolute atomic E-state index is 12.2. The Bertz CT molecular complexity index is 580. The van der Waals surface area contributed by atoms with Gasteiger partial charge < -0.3 is 14.7 Å². The number of ether oxygens (including phenoxy) is 1. The van der Waals surface area contributed by atoms with E-state index >= 15 is 0 Å². The van der Waals surface area contributed by atoms with Crippen LogP contribution in [-0.2, 0) is 4.79 Å². The van der Waals surface area contributed by atoms with Gasteiger partial charge in [-0.15, -0.1) is 0 Å². The summed E-state index contributed by atoms with van der Waals surface area (Å²) in [6.07, 6.45) is 0.644. The van der Waals surface area contributed by atoms with E-state index in [9.17, 15) is 9.59 Å². The Morgan fingerprint density at radius 1 is 1.32 bits per heavy atom. The summed E-state index contributed by atoms with van der Waals surface area (Å²) in [6, 6.07) is 5.46. The number of aliphatic carboxylic acids is 1. The van der Waals surface area contributed by atoms with E-state index in [4.69, 9.17) is 9.84 Å². The number of carbonyl (C=O) groups is 2. The van der Waals surface area contributed by atoms with Crippen LogP contribution in [0.5, 0.6) is 5.75 Å². The number of rotatable bonds is 6. The number of likely N-dealkylation sites (N-methyl/N-ethyl adjacent to an activating group) is 1. The van der Waals surface area contributed by atoms with Gasteiger partial charge in [-0.1, -0.05) is 0 Å². The average molecular weight is 305 g/mol. The van der Waals surface area contributed by atoms with Gasteiger partial charge in [-0.2, -0.15) is 0 Å². The number of hydrogen-bond acceptors (Lipinski definition) is 4. The quantitative estimate of drug-likeness (QED) is 0.818. The first-order valence-corrected chi connectivity index (χ1v) is 7.65. The molecule has 5 nitrogen and oxygen atoms in total. The summed E-state index contributed by atoms with van der Waals surface area (Å²) in [5.41, 5.74) is 1.30. The van der Waals surface area contributed by atoms with Crippen LogP contribution in [0.4, 0.5) is 5.69 Å². The lowest BCUT2D eigenvalue weighted by Crippen LogP contribution is -2.46. The van der Waals surface area contributed by atoms with E-state index in [0.29, 0.717) is 12.0 Å². The molecule has 0 radical (unpaired) electrons. The lowest BCUT2D eigenvalue weighted by atomic mass is 10.0. The van der Waals surface area contributed by atoms with Crippen molar-refractivity contribution in [3.8, 4) is 5.75 Å². The van der Waals surface area contributed by atoms with E-state index < -0.39 is 5.97 Å². The first kappa shape index (κ1) is 16.3. The Balaban J connectivity index is 2.17. The second-order valence-electron chi connectivity index (χ2n) is 6.23. The molecule has 0 bridgehead atoms. The highest BCUT2D eigenvalue weighted by atomic mass is 16.5. The summed E-state index contributed by atoms with van der Waals surface area (Å²) in [5, 5.41) is 8.64. The van der Waals surface area contributed by atoms with Gasteiger partial charge in [0.1, 0.15) is 11.4 Å². The third-order valence-corrected chi connectivity index (χ3v) is 3.76. The molecule has 0 atom stereocenters. The van der Waals surface area contributed by atoms with E-state index in [1.54, 1.807) is 6.07 Å². The molecule has 1 aliphatic heterocycles. The van der Waals surface area contributed by atoms with Gasteiger partial charge in [-0.3, -0.25) is 9.59 Å². The van der Waals surface area contributed by atoms with Crippen molar-refractivity contribution >= 4 is 17.4 Å². The van der Waals surface area contributed by atoms with Crippen LogP contribution in [0.15, 0.2) is 18.2 Å². The highest BCUT2D eigenvalue weighted by Crippen LogP contribution is 2.37. The highest BCUT2D eigenvalue weighted by Gasteiger charge is 2.31. The van der Waals surface area contributed by atoms with E-state index in [2.05, 4.69) is 11.8 Å². The topological polar surface area (TPSA) is 66.8 Å². The standard InChI is InChI=1S/C17H23NO4/c1-4-18-11-17(2,3)22-15-9-8-12(10-13(15)18)14(19)6-5-7-16(20)21/h8-10H,4-7,11H2,1-3H3,(H,20,21). The lowest BCUT2D eigenvalue weighted by molar-refractivity contribution is -0.137. The fraction of sp³-hybridized carbons (Fsp3) is 0.529. The van der Waals surface area contributed by atoms with Crippen molar-refractivity contribution in [2.24, 2.45) is 0 Å². The van der Waals surface area contributed by atoms with Crippen molar-refractivity contribution in [1.29, 1.82) is 0 Å². The van der Waals surface area contributed by atoms with Crippen LogP contribution < -0.4 is 9.64 Å².